The molecule has 2 N–H and O–H groups in total. The molecule has 1 fully saturated rings. The minimum atomic E-state index is -4.12. The Labute approximate surface area is 217 Å². The van der Waals surface area contributed by atoms with Crippen LogP contribution in [0.4, 0.5) is 4.39 Å². The molecule has 0 radical (unpaired) electrons. The molecule has 13 nitrogen and oxygen atoms in total. The van der Waals surface area contributed by atoms with Crippen LogP contribution in [0.25, 0.3) is 0 Å². The molecule has 3 rings (SSSR count). The van der Waals surface area contributed by atoms with Gasteiger partial charge in [-0.2, -0.15) is 4.39 Å². The molecule has 0 bridgehead atoms. The van der Waals surface area contributed by atoms with Gasteiger partial charge in [0.2, 0.25) is 5.82 Å². The van der Waals surface area contributed by atoms with E-state index in [2.05, 4.69) is 5.09 Å². The second kappa shape index (κ2) is 13.3. The van der Waals surface area contributed by atoms with E-state index in [1.165, 1.54) is 14.2 Å². The SMILES string of the molecule is CCC(=O)O[C@H]1C[C@H](n2cc(F)c(=O)[nH]c2=O)O[C@@H]1COP(=O)(NC(C)C(OC)OC)Oc1ccccc1. The molecule has 0 spiro atoms. The molecule has 5 atom stereocenters. The summed E-state index contributed by atoms with van der Waals surface area (Å²) in [6.45, 7) is 2.83. The van der Waals surface area contributed by atoms with E-state index in [0.717, 1.165) is 4.57 Å². The van der Waals surface area contributed by atoms with Crippen molar-refractivity contribution in [3.8, 4) is 5.75 Å². The first-order chi connectivity index (χ1) is 18.1. The summed E-state index contributed by atoms with van der Waals surface area (Å²) in [6, 6.07) is 7.62. The van der Waals surface area contributed by atoms with Crippen molar-refractivity contribution in [2.24, 2.45) is 0 Å². The van der Waals surface area contributed by atoms with Crippen molar-refractivity contribution in [2.75, 3.05) is 20.8 Å². The van der Waals surface area contributed by atoms with Gasteiger partial charge in [0.25, 0.3) is 5.56 Å². The number of halogens is 1. The van der Waals surface area contributed by atoms with Gasteiger partial charge in [0.15, 0.2) is 6.29 Å². The zero-order valence-corrected chi connectivity index (χ0v) is 22.2. The van der Waals surface area contributed by atoms with Crippen LogP contribution in [-0.2, 0) is 32.8 Å². The van der Waals surface area contributed by atoms with Gasteiger partial charge in [0.05, 0.1) is 18.8 Å². The van der Waals surface area contributed by atoms with E-state index in [1.807, 2.05) is 4.98 Å². The first-order valence-electron chi connectivity index (χ1n) is 11.8. The fraction of sp³-hybridized carbons (Fsp3) is 0.522. The fourth-order valence-electron chi connectivity index (χ4n) is 3.77. The minimum absolute atomic E-state index is 0.0613. The molecule has 0 aliphatic carbocycles. The molecule has 15 heteroatoms. The topological polar surface area (TPSA) is 156 Å². The molecule has 0 saturated carbocycles. The zero-order valence-electron chi connectivity index (χ0n) is 21.3. The van der Waals surface area contributed by atoms with Crippen LogP contribution in [0.1, 0.15) is 32.9 Å². The van der Waals surface area contributed by atoms with Gasteiger partial charge < -0.3 is 23.5 Å². The summed E-state index contributed by atoms with van der Waals surface area (Å²) in [5.41, 5.74) is -2.09. The van der Waals surface area contributed by atoms with Gasteiger partial charge in [0, 0.05) is 27.1 Å². The van der Waals surface area contributed by atoms with Gasteiger partial charge in [-0.05, 0) is 19.1 Å². The van der Waals surface area contributed by atoms with Crippen molar-refractivity contribution in [3.63, 3.8) is 0 Å². The second-order valence-electron chi connectivity index (χ2n) is 8.35. The van der Waals surface area contributed by atoms with E-state index in [9.17, 15) is 23.3 Å². The summed E-state index contributed by atoms with van der Waals surface area (Å²) < 4.78 is 61.6. The summed E-state index contributed by atoms with van der Waals surface area (Å²) in [4.78, 5) is 37.6. The number of nitrogens with one attached hydrogen (secondary N) is 2. The molecular weight excluding hydrogens is 528 g/mol. The Morgan fingerprint density at radius 1 is 1.26 bits per heavy atom. The number of carbonyl (C=O) groups excluding carboxylic acids is 1. The number of esters is 1. The number of H-pyrrole nitrogens is 1. The molecule has 2 aromatic rings. The number of hydrogen-bond donors (Lipinski definition) is 2. The van der Waals surface area contributed by atoms with E-state index in [4.69, 9.17) is 28.0 Å². The van der Waals surface area contributed by atoms with E-state index < -0.39 is 68.2 Å². The normalized spacial score (nSPS) is 21.7. The molecule has 2 heterocycles. The van der Waals surface area contributed by atoms with Crippen LogP contribution in [0.2, 0.25) is 0 Å². The maximum absolute atomic E-state index is 13.9. The summed E-state index contributed by atoms with van der Waals surface area (Å²) in [6.07, 6.45) is -3.16. The zero-order chi connectivity index (χ0) is 27.9. The highest BCUT2D eigenvalue weighted by atomic mass is 31.2. The molecule has 0 amide bonds. The summed E-state index contributed by atoms with van der Waals surface area (Å²) in [7, 11) is -1.29. The molecule has 1 aliphatic rings. The molecule has 1 aromatic carbocycles. The quantitative estimate of drug-likeness (QED) is 0.210. The lowest BCUT2D eigenvalue weighted by Crippen LogP contribution is -2.40. The third-order valence-electron chi connectivity index (χ3n) is 5.60. The molecule has 38 heavy (non-hydrogen) atoms. The Hall–Kier alpha value is -2.87. The maximum Gasteiger partial charge on any atom is 0.459 e. The summed E-state index contributed by atoms with van der Waals surface area (Å²) >= 11 is 0. The number of para-hydroxylation sites is 1. The number of aromatic amines is 1. The van der Waals surface area contributed by atoms with Gasteiger partial charge in [-0.3, -0.25) is 23.7 Å². The number of carbonyl (C=O) groups is 1. The third-order valence-corrected chi connectivity index (χ3v) is 7.26. The number of ether oxygens (including phenoxy) is 4. The van der Waals surface area contributed by atoms with Gasteiger partial charge >= 0.3 is 19.4 Å². The highest BCUT2D eigenvalue weighted by Gasteiger charge is 2.42. The minimum Gasteiger partial charge on any atom is -0.459 e. The molecule has 1 aromatic heterocycles. The summed E-state index contributed by atoms with van der Waals surface area (Å²) in [5.74, 6) is -1.50. The largest absolute Gasteiger partial charge is 0.459 e. The lowest BCUT2D eigenvalue weighted by molar-refractivity contribution is -0.152. The molecule has 1 aliphatic heterocycles. The Bertz CT molecular complexity index is 1240. The number of benzene rings is 1. The van der Waals surface area contributed by atoms with Crippen LogP contribution in [0.3, 0.4) is 0 Å². The maximum atomic E-state index is 13.9. The Morgan fingerprint density at radius 3 is 2.58 bits per heavy atom. The Kier molecular flexibility index (Phi) is 10.4. The van der Waals surface area contributed by atoms with Crippen molar-refractivity contribution in [1.29, 1.82) is 0 Å². The fourth-order valence-corrected chi connectivity index (χ4v) is 5.31. The molecule has 1 saturated heterocycles. The van der Waals surface area contributed by atoms with Crippen molar-refractivity contribution in [2.45, 2.75) is 57.5 Å². The Morgan fingerprint density at radius 2 is 1.95 bits per heavy atom. The lowest BCUT2D eigenvalue weighted by atomic mass is 10.2. The first-order valence-corrected chi connectivity index (χ1v) is 13.3. The van der Waals surface area contributed by atoms with Crippen LogP contribution in [0, 0.1) is 5.82 Å². The average Bonchev–Trinajstić information content (AvgIpc) is 3.28. The third kappa shape index (κ3) is 7.59. The number of nitrogens with zero attached hydrogens (tertiary/aromatic N) is 1. The van der Waals surface area contributed by atoms with Crippen LogP contribution in [-0.4, -0.2) is 60.9 Å². The van der Waals surface area contributed by atoms with Gasteiger partial charge in [0.1, 0.15) is 24.2 Å². The van der Waals surface area contributed by atoms with E-state index in [0.29, 0.717) is 6.20 Å². The highest BCUT2D eigenvalue weighted by molar-refractivity contribution is 7.52. The molecule has 210 valence electrons. The number of aromatic nitrogens is 2. The lowest BCUT2D eigenvalue weighted by Gasteiger charge is -2.28. The average molecular weight is 559 g/mol. The first kappa shape index (κ1) is 29.7. The standard InChI is InChI=1S/C23H31FN3O10P/c1-5-20(28)36-17-11-19(27-12-16(24)21(29)25-23(27)30)35-18(17)13-34-38(31,26-14(2)22(32-3)33-4)37-15-9-7-6-8-10-15/h6-10,12,14,17-19,22H,5,11,13H2,1-4H3,(H,26,31)(H,25,29,30)/t14?,17-,18+,19+,38?/m0/s1. The second-order valence-corrected chi connectivity index (χ2v) is 10.0. The number of methoxy groups -OCH3 is 2. The summed E-state index contributed by atoms with van der Waals surface area (Å²) in [5, 5.41) is 2.75. The van der Waals surface area contributed by atoms with Crippen LogP contribution < -0.4 is 20.9 Å². The van der Waals surface area contributed by atoms with Crippen molar-refractivity contribution >= 4 is 13.7 Å². The molecule has 2 unspecified atom stereocenters. The van der Waals surface area contributed by atoms with Crippen LogP contribution >= 0.6 is 7.75 Å². The van der Waals surface area contributed by atoms with Crippen molar-refractivity contribution in [3.05, 3.63) is 63.2 Å². The van der Waals surface area contributed by atoms with Crippen LogP contribution in [0.15, 0.2) is 46.1 Å². The van der Waals surface area contributed by atoms with Gasteiger partial charge in [-0.25, -0.2) is 14.4 Å². The van der Waals surface area contributed by atoms with Gasteiger partial charge in [-0.1, -0.05) is 25.1 Å². The highest BCUT2D eigenvalue weighted by Crippen LogP contribution is 2.46. The van der Waals surface area contributed by atoms with Crippen molar-refractivity contribution < 1.29 is 41.7 Å². The number of rotatable bonds is 13. The monoisotopic (exact) mass is 559 g/mol. The van der Waals surface area contributed by atoms with Crippen LogP contribution in [0.5, 0.6) is 5.75 Å². The Balaban J connectivity index is 1.84. The predicted molar refractivity (Wildman–Crippen MR) is 131 cm³/mol. The number of hydrogen-bond acceptors (Lipinski definition) is 10. The van der Waals surface area contributed by atoms with E-state index >= 15 is 0 Å². The van der Waals surface area contributed by atoms with Gasteiger partial charge in [-0.15, -0.1) is 0 Å². The molecular formula is C23H31FN3O10P. The van der Waals surface area contributed by atoms with E-state index in [1.54, 1.807) is 44.2 Å². The van der Waals surface area contributed by atoms with E-state index in [-0.39, 0.29) is 18.6 Å². The predicted octanol–water partition coefficient (Wildman–Crippen LogP) is 2.09. The smallest absolute Gasteiger partial charge is 0.459 e. The van der Waals surface area contributed by atoms with Crippen molar-refractivity contribution in [1.82, 2.24) is 14.6 Å².